The van der Waals surface area contributed by atoms with Crippen LogP contribution >= 0.6 is 22.9 Å². The molecule has 9 heteroatoms. The standard InChI is InChI=1S/C30H33ClN2O5S/c1-6-13-37-24-12-11-23(31)16-22(24)17-25-28(34)33-27(21-9-7-20(8-10-21)18(2)3)26(19(4)32-30(33)39-25)29(35)38-15-14-36-5/h7-12,16-18,27H,6,13-15H2,1-5H3. The fourth-order valence-electron chi connectivity index (χ4n) is 4.37. The monoisotopic (exact) mass is 568 g/mol. The summed E-state index contributed by atoms with van der Waals surface area (Å²) in [5.74, 6) is 0.468. The highest BCUT2D eigenvalue weighted by atomic mass is 35.5. The quantitative estimate of drug-likeness (QED) is 0.254. The predicted molar refractivity (Wildman–Crippen MR) is 154 cm³/mol. The first-order valence-corrected chi connectivity index (χ1v) is 14.1. The van der Waals surface area contributed by atoms with E-state index in [1.54, 1.807) is 42.9 Å². The highest BCUT2D eigenvalue weighted by Crippen LogP contribution is 2.32. The summed E-state index contributed by atoms with van der Waals surface area (Å²) in [6.07, 6.45) is 2.62. The summed E-state index contributed by atoms with van der Waals surface area (Å²) in [7, 11) is 1.54. The van der Waals surface area contributed by atoms with Crippen LogP contribution in [0.2, 0.25) is 5.02 Å². The largest absolute Gasteiger partial charge is 0.493 e. The topological polar surface area (TPSA) is 79.1 Å². The van der Waals surface area contributed by atoms with Gasteiger partial charge in [-0.1, -0.05) is 68.0 Å². The van der Waals surface area contributed by atoms with E-state index in [2.05, 4.69) is 18.8 Å². The molecule has 2 heterocycles. The van der Waals surface area contributed by atoms with Crippen molar-refractivity contribution in [1.29, 1.82) is 0 Å². The van der Waals surface area contributed by atoms with Gasteiger partial charge in [-0.2, -0.15) is 0 Å². The SMILES string of the molecule is CCCOc1ccc(Cl)cc1C=c1sc2n(c1=O)C(c1ccc(C(C)C)cc1)C(C(=O)OCCOC)=C(C)N=2. The second-order valence-electron chi connectivity index (χ2n) is 9.56. The number of benzene rings is 2. The van der Waals surface area contributed by atoms with Crippen LogP contribution in [-0.2, 0) is 14.3 Å². The van der Waals surface area contributed by atoms with Crippen molar-refractivity contribution < 1.29 is 19.0 Å². The van der Waals surface area contributed by atoms with Crippen LogP contribution in [0.1, 0.15) is 62.8 Å². The fraction of sp³-hybridized carbons (Fsp3) is 0.367. The molecule has 3 aromatic rings. The first-order valence-electron chi connectivity index (χ1n) is 13.0. The number of halogens is 1. The second-order valence-corrected chi connectivity index (χ2v) is 11.0. The van der Waals surface area contributed by atoms with Gasteiger partial charge in [-0.25, -0.2) is 9.79 Å². The van der Waals surface area contributed by atoms with E-state index in [9.17, 15) is 9.59 Å². The Morgan fingerprint density at radius 1 is 1.15 bits per heavy atom. The number of carbonyl (C=O) groups excluding carboxylic acids is 1. The van der Waals surface area contributed by atoms with Crippen LogP contribution < -0.4 is 19.6 Å². The lowest BCUT2D eigenvalue weighted by atomic mass is 9.93. The van der Waals surface area contributed by atoms with E-state index in [-0.39, 0.29) is 18.8 Å². The normalized spacial score (nSPS) is 15.4. The summed E-state index contributed by atoms with van der Waals surface area (Å²) < 4.78 is 18.5. The number of fused-ring (bicyclic) bond motifs is 1. The fourth-order valence-corrected chi connectivity index (χ4v) is 5.59. The van der Waals surface area contributed by atoms with Crippen molar-refractivity contribution in [1.82, 2.24) is 4.57 Å². The van der Waals surface area contributed by atoms with E-state index in [1.807, 2.05) is 31.2 Å². The van der Waals surface area contributed by atoms with Crippen LogP contribution in [0.5, 0.6) is 5.75 Å². The summed E-state index contributed by atoms with van der Waals surface area (Å²) >= 11 is 7.54. The van der Waals surface area contributed by atoms with Crippen LogP contribution in [-0.4, -0.2) is 37.5 Å². The Morgan fingerprint density at radius 2 is 1.90 bits per heavy atom. The van der Waals surface area contributed by atoms with E-state index < -0.39 is 12.0 Å². The average Bonchev–Trinajstić information content (AvgIpc) is 3.21. The van der Waals surface area contributed by atoms with E-state index in [4.69, 9.17) is 25.8 Å². The van der Waals surface area contributed by atoms with E-state index in [0.29, 0.717) is 49.5 Å². The molecule has 1 unspecified atom stereocenters. The number of esters is 1. The van der Waals surface area contributed by atoms with Gasteiger partial charge in [0.05, 0.1) is 35.1 Å². The van der Waals surface area contributed by atoms with Crippen LogP contribution in [0.4, 0.5) is 0 Å². The van der Waals surface area contributed by atoms with Gasteiger partial charge in [-0.15, -0.1) is 0 Å². The highest BCUT2D eigenvalue weighted by molar-refractivity contribution is 7.07. The van der Waals surface area contributed by atoms with Crippen molar-refractivity contribution in [3.8, 4) is 5.75 Å². The number of methoxy groups -OCH3 is 1. The lowest BCUT2D eigenvalue weighted by Crippen LogP contribution is -2.40. The van der Waals surface area contributed by atoms with Gasteiger partial charge in [0, 0.05) is 17.7 Å². The molecule has 1 aliphatic rings. The van der Waals surface area contributed by atoms with Gasteiger partial charge < -0.3 is 14.2 Å². The molecule has 4 rings (SSSR count). The third-order valence-electron chi connectivity index (χ3n) is 6.40. The van der Waals surface area contributed by atoms with Gasteiger partial charge in [0.25, 0.3) is 5.56 Å². The second kappa shape index (κ2) is 12.8. The van der Waals surface area contributed by atoms with Crippen molar-refractivity contribution in [2.75, 3.05) is 26.9 Å². The van der Waals surface area contributed by atoms with Gasteiger partial charge in [0.1, 0.15) is 12.4 Å². The first kappa shape index (κ1) is 28.8. The Kier molecular flexibility index (Phi) is 9.43. The summed E-state index contributed by atoms with van der Waals surface area (Å²) in [4.78, 5) is 32.4. The molecule has 39 heavy (non-hydrogen) atoms. The number of rotatable bonds is 10. The smallest absolute Gasteiger partial charge is 0.338 e. The number of ether oxygens (including phenoxy) is 3. The molecule has 7 nitrogen and oxygen atoms in total. The molecule has 2 aromatic carbocycles. The number of hydrogen-bond donors (Lipinski definition) is 0. The van der Waals surface area contributed by atoms with Gasteiger partial charge in [-0.3, -0.25) is 9.36 Å². The summed E-state index contributed by atoms with van der Waals surface area (Å²) in [6.45, 7) is 8.96. The first-order chi connectivity index (χ1) is 18.7. The highest BCUT2D eigenvalue weighted by Gasteiger charge is 2.33. The molecule has 206 valence electrons. The molecule has 1 aromatic heterocycles. The molecule has 0 radical (unpaired) electrons. The zero-order valence-corrected chi connectivity index (χ0v) is 24.4. The van der Waals surface area contributed by atoms with E-state index in [1.165, 1.54) is 11.3 Å². The van der Waals surface area contributed by atoms with E-state index >= 15 is 0 Å². The predicted octanol–water partition coefficient (Wildman–Crippen LogP) is 4.99. The number of carbonyl (C=O) groups is 1. The Morgan fingerprint density at radius 3 is 2.56 bits per heavy atom. The zero-order valence-electron chi connectivity index (χ0n) is 22.8. The van der Waals surface area contributed by atoms with Gasteiger partial charge in [0.2, 0.25) is 0 Å². The van der Waals surface area contributed by atoms with Gasteiger partial charge >= 0.3 is 5.97 Å². The molecule has 0 amide bonds. The summed E-state index contributed by atoms with van der Waals surface area (Å²) in [5, 5.41) is 0.540. The van der Waals surface area contributed by atoms with Crippen LogP contribution in [0.3, 0.4) is 0 Å². The molecule has 1 aliphatic heterocycles. The minimum absolute atomic E-state index is 0.102. The molecule has 1 atom stereocenters. The Hall–Kier alpha value is -3.20. The Labute approximate surface area is 237 Å². The molecular weight excluding hydrogens is 536 g/mol. The van der Waals surface area contributed by atoms with Crippen molar-refractivity contribution in [3.05, 3.63) is 95.1 Å². The van der Waals surface area contributed by atoms with Crippen molar-refractivity contribution >= 4 is 35.0 Å². The number of thiazole rings is 1. The van der Waals surface area contributed by atoms with Gasteiger partial charge in [0.15, 0.2) is 4.80 Å². The molecular formula is C30H33ClN2O5S. The lowest BCUT2D eigenvalue weighted by molar-refractivity contribution is -0.140. The average molecular weight is 569 g/mol. The van der Waals surface area contributed by atoms with E-state index in [0.717, 1.165) is 17.5 Å². The van der Waals surface area contributed by atoms with Crippen LogP contribution in [0, 0.1) is 0 Å². The van der Waals surface area contributed by atoms with Crippen LogP contribution in [0.15, 0.2) is 63.5 Å². The number of nitrogens with zero attached hydrogens (tertiary/aromatic N) is 2. The third kappa shape index (κ3) is 6.35. The Balaban J connectivity index is 1.88. The molecule has 0 aliphatic carbocycles. The minimum Gasteiger partial charge on any atom is -0.493 e. The molecule has 0 saturated carbocycles. The minimum atomic E-state index is -0.685. The lowest BCUT2D eigenvalue weighted by Gasteiger charge is -2.25. The maximum absolute atomic E-state index is 13.9. The van der Waals surface area contributed by atoms with Crippen molar-refractivity contribution in [3.63, 3.8) is 0 Å². The van der Waals surface area contributed by atoms with Crippen LogP contribution in [0.25, 0.3) is 6.08 Å². The summed E-state index contributed by atoms with van der Waals surface area (Å²) in [6, 6.07) is 12.6. The summed E-state index contributed by atoms with van der Waals surface area (Å²) in [5.41, 5.74) is 3.25. The van der Waals surface area contributed by atoms with Crippen molar-refractivity contribution in [2.45, 2.75) is 46.1 Å². The number of aromatic nitrogens is 1. The molecule has 0 spiro atoms. The maximum atomic E-state index is 13.9. The number of allylic oxidation sites excluding steroid dienone is 1. The number of hydrogen-bond acceptors (Lipinski definition) is 7. The Bertz CT molecular complexity index is 1550. The molecule has 0 N–H and O–H groups in total. The zero-order chi connectivity index (χ0) is 28.1. The van der Waals surface area contributed by atoms with Crippen molar-refractivity contribution in [2.24, 2.45) is 4.99 Å². The molecule has 0 bridgehead atoms. The third-order valence-corrected chi connectivity index (χ3v) is 7.62. The maximum Gasteiger partial charge on any atom is 0.338 e. The molecule has 0 saturated heterocycles. The molecule has 0 fully saturated rings. The van der Waals surface area contributed by atoms with Gasteiger partial charge in [-0.05, 0) is 54.7 Å².